The predicted molar refractivity (Wildman–Crippen MR) is 106 cm³/mol. The van der Waals surface area contributed by atoms with Crippen molar-refractivity contribution in [3.05, 3.63) is 65.9 Å². The molecule has 0 spiro atoms. The van der Waals surface area contributed by atoms with Crippen molar-refractivity contribution in [3.8, 4) is 11.5 Å². The van der Waals surface area contributed by atoms with Crippen molar-refractivity contribution in [2.75, 3.05) is 14.2 Å². The molecule has 0 aliphatic rings. The van der Waals surface area contributed by atoms with Gasteiger partial charge in [0.2, 0.25) is 5.91 Å². The summed E-state index contributed by atoms with van der Waals surface area (Å²) >= 11 is 0. The monoisotopic (exact) mass is 365 g/mol. The molecule has 1 amide bonds. The van der Waals surface area contributed by atoms with E-state index < -0.39 is 0 Å². The number of rotatable bonds is 7. The Bertz CT molecular complexity index is 925. The molecule has 2 aromatic carbocycles. The molecule has 1 heterocycles. The van der Waals surface area contributed by atoms with Crippen LogP contribution in [-0.2, 0) is 11.2 Å². The standard InChI is InChI=1S/C22H23NO4/c1-15(12-18-14-17-6-4-5-7-19(17)27-18)23-22(24)11-9-16-8-10-20(25-2)21(13-16)26-3/h4-11,13-15H,12H2,1-3H3,(H,23,24)/b11-9+. The first-order chi connectivity index (χ1) is 13.1. The summed E-state index contributed by atoms with van der Waals surface area (Å²) in [7, 11) is 3.17. The molecule has 0 fully saturated rings. The van der Waals surface area contributed by atoms with Crippen LogP contribution in [0.4, 0.5) is 0 Å². The highest BCUT2D eigenvalue weighted by Gasteiger charge is 2.10. The first-order valence-electron chi connectivity index (χ1n) is 8.77. The van der Waals surface area contributed by atoms with Gasteiger partial charge in [-0.2, -0.15) is 0 Å². The highest BCUT2D eigenvalue weighted by atomic mass is 16.5. The van der Waals surface area contributed by atoms with E-state index in [2.05, 4.69) is 5.32 Å². The fourth-order valence-corrected chi connectivity index (χ4v) is 2.91. The molecule has 1 unspecified atom stereocenters. The smallest absolute Gasteiger partial charge is 0.244 e. The largest absolute Gasteiger partial charge is 0.493 e. The summed E-state index contributed by atoms with van der Waals surface area (Å²) in [5.41, 5.74) is 1.71. The molecule has 0 aliphatic carbocycles. The van der Waals surface area contributed by atoms with Crippen molar-refractivity contribution in [1.29, 1.82) is 0 Å². The number of furan rings is 1. The summed E-state index contributed by atoms with van der Waals surface area (Å²) < 4.78 is 16.3. The van der Waals surface area contributed by atoms with Crippen LogP contribution in [0.5, 0.6) is 11.5 Å². The quantitative estimate of drug-likeness (QED) is 0.637. The number of hydrogen-bond donors (Lipinski definition) is 1. The van der Waals surface area contributed by atoms with E-state index in [9.17, 15) is 4.79 Å². The molecule has 0 saturated heterocycles. The van der Waals surface area contributed by atoms with E-state index in [0.717, 1.165) is 22.3 Å². The van der Waals surface area contributed by atoms with E-state index in [1.54, 1.807) is 26.4 Å². The molecule has 5 heteroatoms. The molecule has 27 heavy (non-hydrogen) atoms. The zero-order valence-corrected chi connectivity index (χ0v) is 15.7. The second kappa shape index (κ2) is 8.45. The molecule has 0 aliphatic heterocycles. The lowest BCUT2D eigenvalue weighted by atomic mass is 10.1. The Hall–Kier alpha value is -3.21. The lowest BCUT2D eigenvalue weighted by molar-refractivity contribution is -0.117. The van der Waals surface area contributed by atoms with E-state index in [4.69, 9.17) is 13.9 Å². The highest BCUT2D eigenvalue weighted by molar-refractivity contribution is 5.92. The number of amides is 1. The zero-order chi connectivity index (χ0) is 19.2. The molecular weight excluding hydrogens is 342 g/mol. The molecule has 1 atom stereocenters. The first-order valence-corrected chi connectivity index (χ1v) is 8.77. The van der Waals surface area contributed by atoms with Crippen LogP contribution in [0, 0.1) is 0 Å². The molecule has 3 aromatic rings. The number of hydrogen-bond acceptors (Lipinski definition) is 4. The molecule has 3 rings (SSSR count). The third kappa shape index (κ3) is 4.70. The Kier molecular flexibility index (Phi) is 5.81. The third-order valence-electron chi connectivity index (χ3n) is 4.21. The van der Waals surface area contributed by atoms with Crippen LogP contribution in [0.25, 0.3) is 17.0 Å². The van der Waals surface area contributed by atoms with Crippen LogP contribution >= 0.6 is 0 Å². The van der Waals surface area contributed by atoms with Crippen LogP contribution in [0.15, 0.2) is 59.0 Å². The third-order valence-corrected chi connectivity index (χ3v) is 4.21. The van der Waals surface area contributed by atoms with Gasteiger partial charge in [-0.1, -0.05) is 24.3 Å². The Morgan fingerprint density at radius 1 is 1.11 bits per heavy atom. The van der Waals surface area contributed by atoms with E-state index >= 15 is 0 Å². The number of ether oxygens (including phenoxy) is 2. The average Bonchev–Trinajstić information content (AvgIpc) is 3.08. The van der Waals surface area contributed by atoms with Crippen LogP contribution < -0.4 is 14.8 Å². The predicted octanol–water partition coefficient (Wildman–Crippen LogP) is 4.21. The second-order valence-corrected chi connectivity index (χ2v) is 6.31. The highest BCUT2D eigenvalue weighted by Crippen LogP contribution is 2.28. The molecular formula is C22H23NO4. The maximum Gasteiger partial charge on any atom is 0.244 e. The van der Waals surface area contributed by atoms with Crippen LogP contribution in [0.1, 0.15) is 18.2 Å². The summed E-state index contributed by atoms with van der Waals surface area (Å²) in [5, 5.41) is 4.02. The van der Waals surface area contributed by atoms with E-state index in [0.29, 0.717) is 17.9 Å². The van der Waals surface area contributed by atoms with Crippen LogP contribution in [0.2, 0.25) is 0 Å². The van der Waals surface area contributed by atoms with Gasteiger partial charge in [-0.15, -0.1) is 0 Å². The SMILES string of the molecule is COc1ccc(/C=C/C(=O)NC(C)Cc2cc3ccccc3o2)cc1OC. The van der Waals surface area contributed by atoms with Gasteiger partial charge < -0.3 is 19.2 Å². The summed E-state index contributed by atoms with van der Waals surface area (Å²) in [6, 6.07) is 15.3. The summed E-state index contributed by atoms with van der Waals surface area (Å²) in [4.78, 5) is 12.2. The Morgan fingerprint density at radius 2 is 1.89 bits per heavy atom. The maximum absolute atomic E-state index is 12.2. The van der Waals surface area contributed by atoms with Crippen molar-refractivity contribution < 1.29 is 18.7 Å². The number of nitrogens with one attached hydrogen (secondary N) is 1. The van der Waals surface area contributed by atoms with E-state index in [-0.39, 0.29) is 11.9 Å². The topological polar surface area (TPSA) is 60.7 Å². The van der Waals surface area contributed by atoms with Crippen molar-refractivity contribution in [2.24, 2.45) is 0 Å². The van der Waals surface area contributed by atoms with Crippen LogP contribution in [0.3, 0.4) is 0 Å². The van der Waals surface area contributed by atoms with Gasteiger partial charge in [-0.25, -0.2) is 0 Å². The Labute approximate surface area is 158 Å². The fourth-order valence-electron chi connectivity index (χ4n) is 2.91. The van der Waals surface area contributed by atoms with Gasteiger partial charge in [-0.05, 0) is 42.8 Å². The number of carbonyl (C=O) groups is 1. The maximum atomic E-state index is 12.2. The summed E-state index contributed by atoms with van der Waals surface area (Å²) in [6.07, 6.45) is 3.88. The van der Waals surface area contributed by atoms with Gasteiger partial charge in [0.15, 0.2) is 11.5 Å². The Balaban J connectivity index is 1.58. The molecule has 0 bridgehead atoms. The van der Waals surface area contributed by atoms with E-state index in [1.807, 2.05) is 49.4 Å². The number of carbonyl (C=O) groups excluding carboxylic acids is 1. The van der Waals surface area contributed by atoms with Crippen molar-refractivity contribution >= 4 is 23.0 Å². The second-order valence-electron chi connectivity index (χ2n) is 6.31. The first kappa shape index (κ1) is 18.6. The average molecular weight is 365 g/mol. The van der Waals surface area contributed by atoms with Gasteiger partial charge in [0.05, 0.1) is 14.2 Å². The minimum atomic E-state index is -0.159. The number of methoxy groups -OCH3 is 2. The minimum Gasteiger partial charge on any atom is -0.493 e. The molecule has 140 valence electrons. The van der Waals surface area contributed by atoms with E-state index in [1.165, 1.54) is 6.08 Å². The summed E-state index contributed by atoms with van der Waals surface area (Å²) in [5.74, 6) is 1.97. The fraction of sp³-hybridized carbons (Fsp3) is 0.227. The molecule has 1 N–H and O–H groups in total. The molecule has 5 nitrogen and oxygen atoms in total. The Morgan fingerprint density at radius 3 is 2.63 bits per heavy atom. The normalized spacial score (nSPS) is 12.3. The summed E-state index contributed by atoms with van der Waals surface area (Å²) in [6.45, 7) is 1.95. The number of benzene rings is 2. The number of para-hydroxylation sites is 1. The van der Waals surface area contributed by atoms with Crippen molar-refractivity contribution in [1.82, 2.24) is 5.32 Å². The lowest BCUT2D eigenvalue weighted by Crippen LogP contribution is -2.32. The van der Waals surface area contributed by atoms with Gasteiger partial charge >= 0.3 is 0 Å². The van der Waals surface area contributed by atoms with Crippen molar-refractivity contribution in [2.45, 2.75) is 19.4 Å². The van der Waals surface area contributed by atoms with Gasteiger partial charge in [0.25, 0.3) is 0 Å². The van der Waals surface area contributed by atoms with Crippen molar-refractivity contribution in [3.63, 3.8) is 0 Å². The molecule has 0 saturated carbocycles. The van der Waals surface area contributed by atoms with Gasteiger partial charge in [-0.3, -0.25) is 4.79 Å². The zero-order valence-electron chi connectivity index (χ0n) is 15.7. The lowest BCUT2D eigenvalue weighted by Gasteiger charge is -2.10. The van der Waals surface area contributed by atoms with Gasteiger partial charge in [0.1, 0.15) is 11.3 Å². The molecule has 1 aromatic heterocycles. The minimum absolute atomic E-state index is 0.0480. The van der Waals surface area contributed by atoms with Gasteiger partial charge in [0, 0.05) is 23.9 Å². The van der Waals surface area contributed by atoms with Crippen LogP contribution in [-0.4, -0.2) is 26.2 Å². The number of fused-ring (bicyclic) bond motifs is 1. The molecule has 0 radical (unpaired) electrons.